The SMILES string of the molecule is Cc1ccc(OCCN2CCN(C(=O)C3=NN(c4ccc(Br)cc4)C(=O)CC3)CC2)cc1. The van der Waals surface area contributed by atoms with E-state index >= 15 is 0 Å². The molecule has 0 radical (unpaired) electrons. The van der Waals surface area contributed by atoms with Crippen LogP contribution in [0.25, 0.3) is 0 Å². The number of halogens is 1. The average molecular weight is 499 g/mol. The molecule has 7 nitrogen and oxygen atoms in total. The summed E-state index contributed by atoms with van der Waals surface area (Å²) in [6, 6.07) is 15.4. The number of carbonyl (C=O) groups is 2. The molecule has 2 heterocycles. The number of hydrazone groups is 1. The lowest BCUT2D eigenvalue weighted by atomic mass is 10.1. The van der Waals surface area contributed by atoms with Crippen molar-refractivity contribution in [1.29, 1.82) is 0 Å². The second-order valence-corrected chi connectivity index (χ2v) is 8.94. The third-order valence-electron chi connectivity index (χ3n) is 5.71. The second-order valence-electron chi connectivity index (χ2n) is 8.02. The quantitative estimate of drug-likeness (QED) is 0.611. The van der Waals surface area contributed by atoms with Crippen LogP contribution in [0.5, 0.6) is 5.75 Å². The van der Waals surface area contributed by atoms with Crippen LogP contribution in [0.15, 0.2) is 58.1 Å². The van der Waals surface area contributed by atoms with E-state index in [4.69, 9.17) is 4.74 Å². The number of hydrogen-bond donors (Lipinski definition) is 0. The van der Waals surface area contributed by atoms with Crippen LogP contribution < -0.4 is 9.75 Å². The highest BCUT2D eigenvalue weighted by Gasteiger charge is 2.30. The first-order chi connectivity index (χ1) is 15.5. The standard InChI is InChI=1S/C24H27BrN4O3/c1-18-2-8-21(9-3-18)32-17-16-27-12-14-28(15-13-27)24(31)22-10-11-23(30)29(26-22)20-6-4-19(25)5-7-20/h2-9H,10-17H2,1H3. The first-order valence-electron chi connectivity index (χ1n) is 10.9. The number of ether oxygens (including phenoxy) is 1. The van der Waals surface area contributed by atoms with E-state index in [1.54, 1.807) is 0 Å². The summed E-state index contributed by atoms with van der Waals surface area (Å²) in [4.78, 5) is 29.5. The largest absolute Gasteiger partial charge is 0.492 e. The van der Waals surface area contributed by atoms with Gasteiger partial charge in [0.2, 0.25) is 5.91 Å². The topological polar surface area (TPSA) is 65.5 Å². The van der Waals surface area contributed by atoms with Gasteiger partial charge in [-0.3, -0.25) is 14.5 Å². The fourth-order valence-corrected chi connectivity index (χ4v) is 4.04. The molecule has 2 amide bonds. The number of amides is 2. The van der Waals surface area contributed by atoms with Gasteiger partial charge in [0.1, 0.15) is 18.1 Å². The van der Waals surface area contributed by atoms with Crippen LogP contribution in [-0.4, -0.2) is 66.7 Å². The summed E-state index contributed by atoms with van der Waals surface area (Å²) in [6.45, 7) is 6.39. The molecule has 0 bridgehead atoms. The van der Waals surface area contributed by atoms with E-state index in [2.05, 4.69) is 32.9 Å². The van der Waals surface area contributed by atoms with Crippen LogP contribution in [0.3, 0.4) is 0 Å². The van der Waals surface area contributed by atoms with Gasteiger partial charge in [-0.1, -0.05) is 33.6 Å². The van der Waals surface area contributed by atoms with Gasteiger partial charge in [-0.15, -0.1) is 0 Å². The molecule has 0 unspecified atom stereocenters. The number of nitrogens with zero attached hydrogens (tertiary/aromatic N) is 4. The van der Waals surface area contributed by atoms with E-state index in [1.807, 2.05) is 53.4 Å². The zero-order chi connectivity index (χ0) is 22.5. The summed E-state index contributed by atoms with van der Waals surface area (Å²) >= 11 is 3.39. The fraction of sp³-hybridized carbons (Fsp3) is 0.375. The Morgan fingerprint density at radius 1 is 1.00 bits per heavy atom. The zero-order valence-corrected chi connectivity index (χ0v) is 19.8. The van der Waals surface area contributed by atoms with Gasteiger partial charge in [0, 0.05) is 50.0 Å². The van der Waals surface area contributed by atoms with Crippen LogP contribution in [-0.2, 0) is 9.59 Å². The Labute approximate surface area is 196 Å². The van der Waals surface area contributed by atoms with Gasteiger partial charge < -0.3 is 9.64 Å². The monoisotopic (exact) mass is 498 g/mol. The predicted molar refractivity (Wildman–Crippen MR) is 128 cm³/mol. The molecule has 0 aromatic heterocycles. The highest BCUT2D eigenvalue weighted by molar-refractivity contribution is 9.10. The van der Waals surface area contributed by atoms with Crippen molar-refractivity contribution < 1.29 is 14.3 Å². The summed E-state index contributed by atoms with van der Waals surface area (Å²) in [5.74, 6) is 0.710. The maximum Gasteiger partial charge on any atom is 0.270 e. The maximum absolute atomic E-state index is 13.0. The Morgan fingerprint density at radius 2 is 1.69 bits per heavy atom. The molecule has 1 saturated heterocycles. The van der Waals surface area contributed by atoms with E-state index in [9.17, 15) is 9.59 Å². The Bertz CT molecular complexity index is 983. The normalized spacial score (nSPS) is 17.3. The Morgan fingerprint density at radius 3 is 2.38 bits per heavy atom. The van der Waals surface area contributed by atoms with Crippen LogP contribution in [0.2, 0.25) is 0 Å². The van der Waals surface area contributed by atoms with Crippen molar-refractivity contribution in [3.8, 4) is 5.75 Å². The van der Waals surface area contributed by atoms with Gasteiger partial charge in [-0.2, -0.15) is 5.10 Å². The number of hydrogen-bond acceptors (Lipinski definition) is 5. The van der Waals surface area contributed by atoms with Gasteiger partial charge >= 0.3 is 0 Å². The van der Waals surface area contributed by atoms with E-state index < -0.39 is 0 Å². The minimum Gasteiger partial charge on any atom is -0.492 e. The summed E-state index contributed by atoms with van der Waals surface area (Å²) in [6.07, 6.45) is 0.673. The lowest BCUT2D eigenvalue weighted by molar-refractivity contribution is -0.126. The smallest absolute Gasteiger partial charge is 0.270 e. The number of benzene rings is 2. The molecule has 8 heteroatoms. The Balaban J connectivity index is 1.28. The van der Waals surface area contributed by atoms with Crippen molar-refractivity contribution in [2.24, 2.45) is 5.10 Å². The molecule has 0 saturated carbocycles. The molecule has 2 aromatic rings. The number of rotatable bonds is 6. The van der Waals surface area contributed by atoms with Crippen molar-refractivity contribution >= 4 is 39.1 Å². The summed E-state index contributed by atoms with van der Waals surface area (Å²) in [5, 5.41) is 5.76. The molecule has 168 valence electrons. The summed E-state index contributed by atoms with van der Waals surface area (Å²) in [7, 11) is 0. The third-order valence-corrected chi connectivity index (χ3v) is 6.24. The minimum absolute atomic E-state index is 0.0739. The molecule has 1 fully saturated rings. The van der Waals surface area contributed by atoms with Crippen molar-refractivity contribution in [2.75, 3.05) is 44.3 Å². The minimum atomic E-state index is -0.0951. The van der Waals surface area contributed by atoms with Gasteiger partial charge in [0.15, 0.2) is 0 Å². The zero-order valence-electron chi connectivity index (χ0n) is 18.2. The number of anilines is 1. The Hall–Kier alpha value is -2.71. The van der Waals surface area contributed by atoms with Gasteiger partial charge in [-0.05, 0) is 43.3 Å². The van der Waals surface area contributed by atoms with Crippen LogP contribution in [0.4, 0.5) is 5.69 Å². The maximum atomic E-state index is 13.0. The molecule has 2 aliphatic rings. The van der Waals surface area contributed by atoms with Gasteiger partial charge in [-0.25, -0.2) is 5.01 Å². The third kappa shape index (κ3) is 5.55. The molecule has 2 aromatic carbocycles. The molecule has 32 heavy (non-hydrogen) atoms. The average Bonchev–Trinajstić information content (AvgIpc) is 2.81. The predicted octanol–water partition coefficient (Wildman–Crippen LogP) is 3.46. The molecule has 2 aliphatic heterocycles. The van der Waals surface area contributed by atoms with Crippen molar-refractivity contribution in [2.45, 2.75) is 19.8 Å². The lowest BCUT2D eigenvalue weighted by Crippen LogP contribution is -2.52. The lowest BCUT2D eigenvalue weighted by Gasteiger charge is -2.35. The van der Waals surface area contributed by atoms with Crippen molar-refractivity contribution in [1.82, 2.24) is 9.80 Å². The first-order valence-corrected chi connectivity index (χ1v) is 11.7. The summed E-state index contributed by atoms with van der Waals surface area (Å²) < 4.78 is 6.75. The van der Waals surface area contributed by atoms with Crippen LogP contribution in [0, 0.1) is 6.92 Å². The van der Waals surface area contributed by atoms with Crippen LogP contribution >= 0.6 is 15.9 Å². The van der Waals surface area contributed by atoms with Crippen molar-refractivity contribution in [3.05, 3.63) is 58.6 Å². The molecule has 4 rings (SSSR count). The molecule has 0 atom stereocenters. The Kier molecular flexibility index (Phi) is 7.22. The van der Waals surface area contributed by atoms with E-state index in [0.29, 0.717) is 37.5 Å². The summed E-state index contributed by atoms with van der Waals surface area (Å²) in [5.41, 5.74) is 2.33. The van der Waals surface area contributed by atoms with E-state index in [-0.39, 0.29) is 18.2 Å². The van der Waals surface area contributed by atoms with Gasteiger partial charge in [0.05, 0.1) is 5.69 Å². The fourth-order valence-electron chi connectivity index (χ4n) is 3.78. The van der Waals surface area contributed by atoms with Crippen LogP contribution in [0.1, 0.15) is 18.4 Å². The molecule has 0 aliphatic carbocycles. The second kappa shape index (κ2) is 10.3. The highest BCUT2D eigenvalue weighted by Crippen LogP contribution is 2.23. The van der Waals surface area contributed by atoms with Crippen molar-refractivity contribution in [3.63, 3.8) is 0 Å². The number of piperazine rings is 1. The van der Waals surface area contributed by atoms with E-state index in [1.165, 1.54) is 10.6 Å². The number of aryl methyl sites for hydroxylation is 1. The molecule has 0 spiro atoms. The molecular formula is C24H27BrN4O3. The van der Waals surface area contributed by atoms with Gasteiger partial charge in [0.25, 0.3) is 5.91 Å². The van der Waals surface area contributed by atoms with E-state index in [0.717, 1.165) is 29.9 Å². The first kappa shape index (κ1) is 22.5. The molecule has 0 N–H and O–H groups in total. The highest BCUT2D eigenvalue weighted by atomic mass is 79.9. The molecular weight excluding hydrogens is 472 g/mol. The number of carbonyl (C=O) groups excluding carboxylic acids is 2.